The third-order valence-corrected chi connectivity index (χ3v) is 7.07. The van der Waals surface area contributed by atoms with E-state index in [1.165, 1.54) is 18.9 Å². The van der Waals surface area contributed by atoms with Crippen LogP contribution in [0.1, 0.15) is 44.7 Å². The van der Waals surface area contributed by atoms with E-state index < -0.39 is 5.97 Å². The Bertz CT molecular complexity index is 1170. The number of aliphatic carboxylic acids is 1. The molecule has 192 valence electrons. The van der Waals surface area contributed by atoms with Gasteiger partial charge in [-0.2, -0.15) is 5.10 Å². The highest BCUT2D eigenvalue weighted by Crippen LogP contribution is 2.34. The van der Waals surface area contributed by atoms with Gasteiger partial charge in [0.1, 0.15) is 18.2 Å². The van der Waals surface area contributed by atoms with Crippen molar-refractivity contribution in [3.8, 4) is 28.0 Å². The van der Waals surface area contributed by atoms with Gasteiger partial charge in [-0.25, -0.2) is 9.18 Å². The van der Waals surface area contributed by atoms with Gasteiger partial charge in [0.15, 0.2) is 0 Å². The van der Waals surface area contributed by atoms with Gasteiger partial charge >= 0.3 is 5.97 Å². The summed E-state index contributed by atoms with van der Waals surface area (Å²) in [6.45, 7) is 3.36. The Morgan fingerprint density at radius 2 is 1.81 bits per heavy atom. The van der Waals surface area contributed by atoms with E-state index in [-0.39, 0.29) is 12.4 Å². The molecule has 0 unspecified atom stereocenters. The summed E-state index contributed by atoms with van der Waals surface area (Å²) in [4.78, 5) is 10.7. The highest BCUT2D eigenvalue weighted by atomic mass is 19.1. The number of benzene rings is 2. The van der Waals surface area contributed by atoms with Gasteiger partial charge in [-0.3, -0.25) is 4.68 Å². The molecule has 0 amide bonds. The number of rotatable bonds is 11. The van der Waals surface area contributed by atoms with Crippen LogP contribution in [0.4, 0.5) is 4.39 Å². The monoisotopic (exact) mass is 494 g/mol. The first-order valence-electron chi connectivity index (χ1n) is 12.8. The molecule has 7 heteroatoms. The quantitative estimate of drug-likeness (QED) is 0.342. The fourth-order valence-electron chi connectivity index (χ4n) is 5.16. The Hall–Kier alpha value is -3.19. The summed E-state index contributed by atoms with van der Waals surface area (Å²) in [7, 11) is 1.53. The van der Waals surface area contributed by atoms with Crippen molar-refractivity contribution in [3.05, 3.63) is 60.2 Å². The highest BCUT2D eigenvalue weighted by Gasteiger charge is 2.23. The minimum absolute atomic E-state index is 0.220. The van der Waals surface area contributed by atoms with E-state index in [9.17, 15) is 9.18 Å². The molecule has 0 aliphatic heterocycles. The molecule has 1 aliphatic carbocycles. The summed E-state index contributed by atoms with van der Waals surface area (Å²) < 4.78 is 27.3. The van der Waals surface area contributed by atoms with Crippen LogP contribution in [-0.4, -0.2) is 41.2 Å². The second kappa shape index (κ2) is 12.2. The van der Waals surface area contributed by atoms with Crippen molar-refractivity contribution in [2.45, 2.75) is 52.0 Å². The summed E-state index contributed by atoms with van der Waals surface area (Å²) in [5.74, 6) is 0.260. The van der Waals surface area contributed by atoms with Crippen LogP contribution in [0.5, 0.6) is 5.75 Å². The third kappa shape index (κ3) is 6.32. The summed E-state index contributed by atoms with van der Waals surface area (Å²) in [6.07, 6.45) is 8.17. The fourth-order valence-corrected chi connectivity index (χ4v) is 5.16. The molecule has 2 aromatic carbocycles. The molecule has 1 fully saturated rings. The number of carboxylic acid groups (broad SMARTS) is 1. The van der Waals surface area contributed by atoms with E-state index >= 15 is 0 Å². The van der Waals surface area contributed by atoms with Crippen LogP contribution in [0, 0.1) is 17.7 Å². The first-order chi connectivity index (χ1) is 17.5. The largest absolute Gasteiger partial charge is 0.497 e. The molecule has 0 radical (unpaired) electrons. The van der Waals surface area contributed by atoms with E-state index in [4.69, 9.17) is 19.7 Å². The fraction of sp³-hybridized carbons (Fsp3) is 0.448. The molecular formula is C29H35FN2O4. The second-order valence-corrected chi connectivity index (χ2v) is 9.66. The van der Waals surface area contributed by atoms with Crippen molar-refractivity contribution in [1.82, 2.24) is 9.78 Å². The number of nitrogens with zero attached hydrogens (tertiary/aromatic N) is 2. The predicted molar refractivity (Wildman–Crippen MR) is 138 cm³/mol. The van der Waals surface area contributed by atoms with E-state index in [0.29, 0.717) is 29.8 Å². The van der Waals surface area contributed by atoms with Crippen molar-refractivity contribution in [2.24, 2.45) is 11.8 Å². The van der Waals surface area contributed by atoms with Gasteiger partial charge in [-0.15, -0.1) is 0 Å². The molecule has 1 saturated carbocycles. The van der Waals surface area contributed by atoms with Crippen LogP contribution in [0.3, 0.4) is 0 Å². The maximum atomic E-state index is 14.7. The van der Waals surface area contributed by atoms with E-state index in [0.717, 1.165) is 61.8 Å². The van der Waals surface area contributed by atoms with Gasteiger partial charge in [0.2, 0.25) is 0 Å². The first-order valence-corrected chi connectivity index (χ1v) is 12.8. The topological polar surface area (TPSA) is 73.6 Å². The Morgan fingerprint density at radius 1 is 1.08 bits per heavy atom. The van der Waals surface area contributed by atoms with Crippen LogP contribution >= 0.6 is 0 Å². The Morgan fingerprint density at radius 3 is 2.47 bits per heavy atom. The number of hydrogen-bond acceptors (Lipinski definition) is 4. The van der Waals surface area contributed by atoms with Crippen LogP contribution in [-0.2, 0) is 22.5 Å². The third-order valence-electron chi connectivity index (χ3n) is 7.07. The minimum Gasteiger partial charge on any atom is -0.497 e. The van der Waals surface area contributed by atoms with Crippen LogP contribution in [0.25, 0.3) is 22.3 Å². The van der Waals surface area contributed by atoms with Crippen molar-refractivity contribution < 1.29 is 23.8 Å². The Kier molecular flexibility index (Phi) is 8.75. The number of hydrogen-bond donors (Lipinski definition) is 1. The molecule has 0 bridgehead atoms. The van der Waals surface area contributed by atoms with E-state index in [2.05, 4.69) is 17.7 Å². The number of aromatic nitrogens is 2. The maximum Gasteiger partial charge on any atom is 0.329 e. The maximum absolute atomic E-state index is 14.7. The van der Waals surface area contributed by atoms with Gasteiger partial charge in [-0.1, -0.05) is 31.5 Å². The molecule has 1 aromatic heterocycles. The lowest BCUT2D eigenvalue weighted by Gasteiger charge is -2.28. The SMILES string of the molecule is CCCc1c(-c2cccc(-c3ccc(OC)cc3F)c2)cnn1CC1CCC(COCC(=O)O)CC1. The van der Waals surface area contributed by atoms with E-state index in [1.54, 1.807) is 12.1 Å². The molecule has 1 heterocycles. The number of methoxy groups -OCH3 is 1. The minimum atomic E-state index is -0.915. The number of carboxylic acids is 1. The molecule has 36 heavy (non-hydrogen) atoms. The lowest BCUT2D eigenvalue weighted by atomic mass is 9.82. The summed E-state index contributed by atoms with van der Waals surface area (Å²) in [5.41, 5.74) is 4.73. The molecule has 3 aromatic rings. The Labute approximate surface area is 212 Å². The summed E-state index contributed by atoms with van der Waals surface area (Å²) in [5, 5.41) is 13.5. The molecule has 0 atom stereocenters. The normalized spacial score (nSPS) is 17.8. The van der Waals surface area contributed by atoms with Crippen molar-refractivity contribution in [1.29, 1.82) is 0 Å². The molecule has 6 nitrogen and oxygen atoms in total. The van der Waals surface area contributed by atoms with Crippen molar-refractivity contribution in [2.75, 3.05) is 20.3 Å². The van der Waals surface area contributed by atoms with E-state index in [1.807, 2.05) is 24.4 Å². The number of carbonyl (C=O) groups is 1. The molecule has 0 saturated heterocycles. The van der Waals surface area contributed by atoms with Gasteiger partial charge in [0.25, 0.3) is 0 Å². The molecule has 1 aliphatic rings. The highest BCUT2D eigenvalue weighted by molar-refractivity contribution is 5.74. The zero-order chi connectivity index (χ0) is 25.5. The average Bonchev–Trinajstić information content (AvgIpc) is 3.27. The number of ether oxygens (including phenoxy) is 2. The van der Waals surface area contributed by atoms with Crippen LogP contribution in [0.2, 0.25) is 0 Å². The zero-order valence-corrected chi connectivity index (χ0v) is 21.1. The van der Waals surface area contributed by atoms with Crippen molar-refractivity contribution >= 4 is 5.97 Å². The molecular weight excluding hydrogens is 459 g/mol. The standard InChI is InChI=1S/C29H35FN2O4/c1-3-5-28-26(23-7-4-6-22(14-23)25-13-12-24(35-2)15-27(25)30)16-31-32(28)17-20-8-10-21(11-9-20)18-36-19-29(33)34/h4,6-7,12-16,20-21H,3,5,8-11,17-19H2,1-2H3,(H,33,34). The van der Waals surface area contributed by atoms with Crippen LogP contribution < -0.4 is 4.74 Å². The number of halogens is 1. The lowest BCUT2D eigenvalue weighted by molar-refractivity contribution is -0.142. The lowest BCUT2D eigenvalue weighted by Crippen LogP contribution is -2.23. The van der Waals surface area contributed by atoms with Gasteiger partial charge in [0.05, 0.1) is 19.9 Å². The smallest absolute Gasteiger partial charge is 0.329 e. The summed E-state index contributed by atoms with van der Waals surface area (Å²) >= 11 is 0. The average molecular weight is 495 g/mol. The second-order valence-electron chi connectivity index (χ2n) is 9.66. The summed E-state index contributed by atoms with van der Waals surface area (Å²) in [6, 6.07) is 12.9. The Balaban J connectivity index is 1.48. The molecule has 0 spiro atoms. The van der Waals surface area contributed by atoms with Crippen molar-refractivity contribution in [3.63, 3.8) is 0 Å². The molecule has 1 N–H and O–H groups in total. The zero-order valence-electron chi connectivity index (χ0n) is 21.1. The van der Waals surface area contributed by atoms with Crippen LogP contribution in [0.15, 0.2) is 48.7 Å². The first kappa shape index (κ1) is 25.9. The van der Waals surface area contributed by atoms with Gasteiger partial charge < -0.3 is 14.6 Å². The van der Waals surface area contributed by atoms with Gasteiger partial charge in [-0.05, 0) is 73.3 Å². The predicted octanol–water partition coefficient (Wildman–Crippen LogP) is 6.22. The molecule has 4 rings (SSSR count). The van der Waals surface area contributed by atoms with Gasteiger partial charge in [0, 0.05) is 29.4 Å².